The van der Waals surface area contributed by atoms with Crippen LogP contribution in [-0.2, 0) is 6.54 Å². The standard InChI is InChI=1S/C13H16N2O/c14-13(16)12-7-3-2-6-11(12)10-15-8-4-1-5-9-15/h1-4,6-7H,5,8-10H2,(H2,14,16). The lowest BCUT2D eigenvalue weighted by molar-refractivity contribution is 0.0998. The molecule has 0 aromatic heterocycles. The van der Waals surface area contributed by atoms with E-state index in [2.05, 4.69) is 17.1 Å². The highest BCUT2D eigenvalue weighted by Gasteiger charge is 2.11. The number of nitrogens with zero attached hydrogens (tertiary/aromatic N) is 1. The molecule has 2 rings (SSSR count). The van der Waals surface area contributed by atoms with E-state index < -0.39 is 0 Å². The Bertz CT molecular complexity index is 412. The zero-order valence-corrected chi connectivity index (χ0v) is 9.23. The molecule has 3 nitrogen and oxygen atoms in total. The summed E-state index contributed by atoms with van der Waals surface area (Å²) in [6.45, 7) is 2.79. The molecule has 0 saturated carbocycles. The molecular formula is C13H16N2O. The fourth-order valence-corrected chi connectivity index (χ4v) is 1.97. The molecule has 1 aromatic carbocycles. The lowest BCUT2D eigenvalue weighted by atomic mass is 10.1. The third-order valence-corrected chi connectivity index (χ3v) is 2.82. The summed E-state index contributed by atoms with van der Waals surface area (Å²) in [6.07, 6.45) is 5.44. The van der Waals surface area contributed by atoms with Gasteiger partial charge in [0, 0.05) is 25.2 Å². The van der Waals surface area contributed by atoms with Gasteiger partial charge in [0.05, 0.1) is 0 Å². The summed E-state index contributed by atoms with van der Waals surface area (Å²) in [6, 6.07) is 7.55. The third kappa shape index (κ3) is 2.49. The van der Waals surface area contributed by atoms with Crippen LogP contribution >= 0.6 is 0 Å². The molecule has 0 unspecified atom stereocenters. The highest BCUT2D eigenvalue weighted by atomic mass is 16.1. The number of benzene rings is 1. The minimum Gasteiger partial charge on any atom is -0.366 e. The normalized spacial score (nSPS) is 16.2. The van der Waals surface area contributed by atoms with Crippen molar-refractivity contribution < 1.29 is 4.79 Å². The number of carbonyl (C=O) groups is 1. The van der Waals surface area contributed by atoms with E-state index in [9.17, 15) is 4.79 Å². The molecule has 16 heavy (non-hydrogen) atoms. The van der Waals surface area contributed by atoms with Gasteiger partial charge in [-0.05, 0) is 18.1 Å². The van der Waals surface area contributed by atoms with Crippen LogP contribution < -0.4 is 5.73 Å². The van der Waals surface area contributed by atoms with Crippen LogP contribution in [0, 0.1) is 0 Å². The summed E-state index contributed by atoms with van der Waals surface area (Å²) in [5, 5.41) is 0. The Morgan fingerprint density at radius 3 is 2.81 bits per heavy atom. The van der Waals surface area contributed by atoms with Crippen molar-refractivity contribution in [2.24, 2.45) is 5.73 Å². The molecule has 1 aliphatic rings. The van der Waals surface area contributed by atoms with E-state index >= 15 is 0 Å². The van der Waals surface area contributed by atoms with E-state index in [4.69, 9.17) is 5.73 Å². The van der Waals surface area contributed by atoms with E-state index in [-0.39, 0.29) is 5.91 Å². The second-order valence-electron chi connectivity index (χ2n) is 4.02. The maximum absolute atomic E-state index is 11.3. The Morgan fingerprint density at radius 1 is 1.31 bits per heavy atom. The molecule has 0 atom stereocenters. The van der Waals surface area contributed by atoms with Gasteiger partial charge in [0.2, 0.25) is 5.91 Å². The van der Waals surface area contributed by atoms with Crippen molar-refractivity contribution in [3.05, 3.63) is 47.5 Å². The third-order valence-electron chi connectivity index (χ3n) is 2.82. The fourth-order valence-electron chi connectivity index (χ4n) is 1.97. The highest BCUT2D eigenvalue weighted by Crippen LogP contribution is 2.13. The second kappa shape index (κ2) is 4.94. The van der Waals surface area contributed by atoms with E-state index in [1.807, 2.05) is 18.2 Å². The molecule has 0 spiro atoms. The Balaban J connectivity index is 2.14. The molecule has 0 bridgehead atoms. The molecule has 1 aliphatic heterocycles. The summed E-state index contributed by atoms with van der Waals surface area (Å²) in [7, 11) is 0. The number of carbonyl (C=O) groups excluding carboxylic acids is 1. The van der Waals surface area contributed by atoms with Gasteiger partial charge >= 0.3 is 0 Å². The average molecular weight is 216 g/mol. The number of hydrogen-bond acceptors (Lipinski definition) is 2. The van der Waals surface area contributed by atoms with Crippen molar-refractivity contribution in [1.29, 1.82) is 0 Å². The Labute approximate surface area is 95.6 Å². The monoisotopic (exact) mass is 216 g/mol. The van der Waals surface area contributed by atoms with Crippen LogP contribution in [0.5, 0.6) is 0 Å². The van der Waals surface area contributed by atoms with Crippen LogP contribution in [-0.4, -0.2) is 23.9 Å². The van der Waals surface area contributed by atoms with Crippen LogP contribution in [0.4, 0.5) is 0 Å². The Morgan fingerprint density at radius 2 is 2.12 bits per heavy atom. The van der Waals surface area contributed by atoms with Crippen molar-refractivity contribution in [3.63, 3.8) is 0 Å². The molecule has 84 valence electrons. The summed E-state index contributed by atoms with van der Waals surface area (Å²) >= 11 is 0. The molecular weight excluding hydrogens is 200 g/mol. The highest BCUT2D eigenvalue weighted by molar-refractivity contribution is 5.94. The zero-order chi connectivity index (χ0) is 11.4. The fraction of sp³-hybridized carbons (Fsp3) is 0.308. The topological polar surface area (TPSA) is 46.3 Å². The van der Waals surface area contributed by atoms with Gasteiger partial charge in [-0.2, -0.15) is 0 Å². The maximum Gasteiger partial charge on any atom is 0.249 e. The van der Waals surface area contributed by atoms with Gasteiger partial charge < -0.3 is 5.73 Å². The maximum atomic E-state index is 11.3. The minimum absolute atomic E-state index is 0.344. The number of rotatable bonds is 3. The minimum atomic E-state index is -0.344. The Kier molecular flexibility index (Phi) is 3.37. The van der Waals surface area contributed by atoms with E-state index in [0.29, 0.717) is 5.56 Å². The van der Waals surface area contributed by atoms with Gasteiger partial charge in [0.1, 0.15) is 0 Å². The first-order valence-corrected chi connectivity index (χ1v) is 5.52. The van der Waals surface area contributed by atoms with Crippen LogP contribution in [0.2, 0.25) is 0 Å². The largest absolute Gasteiger partial charge is 0.366 e. The van der Waals surface area contributed by atoms with Crippen LogP contribution in [0.25, 0.3) is 0 Å². The number of amides is 1. The summed E-state index contributed by atoms with van der Waals surface area (Å²) in [5.41, 5.74) is 7.00. The van der Waals surface area contributed by atoms with Gasteiger partial charge in [-0.3, -0.25) is 9.69 Å². The predicted octanol–water partition coefficient (Wildman–Crippen LogP) is 1.55. The van der Waals surface area contributed by atoms with Gasteiger partial charge in [-0.1, -0.05) is 30.4 Å². The smallest absolute Gasteiger partial charge is 0.249 e. The quantitative estimate of drug-likeness (QED) is 0.779. The van der Waals surface area contributed by atoms with E-state index in [1.165, 1.54) is 0 Å². The van der Waals surface area contributed by atoms with Crippen molar-refractivity contribution >= 4 is 5.91 Å². The SMILES string of the molecule is NC(=O)c1ccccc1CN1CC=CCC1. The molecule has 1 amide bonds. The molecule has 3 heteroatoms. The van der Waals surface area contributed by atoms with Crippen LogP contribution in [0.15, 0.2) is 36.4 Å². The van der Waals surface area contributed by atoms with E-state index in [1.54, 1.807) is 6.07 Å². The van der Waals surface area contributed by atoms with Crippen molar-refractivity contribution in [2.75, 3.05) is 13.1 Å². The van der Waals surface area contributed by atoms with Crippen LogP contribution in [0.3, 0.4) is 0 Å². The summed E-state index contributed by atoms with van der Waals surface area (Å²) in [5.74, 6) is -0.344. The summed E-state index contributed by atoms with van der Waals surface area (Å²) < 4.78 is 0. The first-order chi connectivity index (χ1) is 7.77. The first-order valence-electron chi connectivity index (χ1n) is 5.52. The van der Waals surface area contributed by atoms with Gasteiger partial charge in [0.25, 0.3) is 0 Å². The predicted molar refractivity (Wildman–Crippen MR) is 64.0 cm³/mol. The molecule has 2 N–H and O–H groups in total. The second-order valence-corrected chi connectivity index (χ2v) is 4.02. The molecule has 1 heterocycles. The zero-order valence-electron chi connectivity index (χ0n) is 9.23. The lowest BCUT2D eigenvalue weighted by Crippen LogP contribution is -2.28. The van der Waals surface area contributed by atoms with Crippen molar-refractivity contribution in [2.45, 2.75) is 13.0 Å². The number of hydrogen-bond donors (Lipinski definition) is 1. The molecule has 0 saturated heterocycles. The van der Waals surface area contributed by atoms with Gasteiger partial charge in [-0.15, -0.1) is 0 Å². The first kappa shape index (κ1) is 10.9. The molecule has 0 fully saturated rings. The van der Waals surface area contributed by atoms with Crippen LogP contribution in [0.1, 0.15) is 22.3 Å². The molecule has 0 radical (unpaired) electrons. The summed E-state index contributed by atoms with van der Waals surface area (Å²) in [4.78, 5) is 13.6. The number of nitrogens with two attached hydrogens (primary N) is 1. The van der Waals surface area contributed by atoms with Crippen molar-refractivity contribution in [1.82, 2.24) is 4.90 Å². The van der Waals surface area contributed by atoms with E-state index in [0.717, 1.165) is 31.6 Å². The Hall–Kier alpha value is -1.61. The van der Waals surface area contributed by atoms with Gasteiger partial charge in [0.15, 0.2) is 0 Å². The number of primary amides is 1. The lowest BCUT2D eigenvalue weighted by Gasteiger charge is -2.23. The molecule has 1 aromatic rings. The van der Waals surface area contributed by atoms with Crippen molar-refractivity contribution in [3.8, 4) is 0 Å². The average Bonchev–Trinajstić information content (AvgIpc) is 2.31. The van der Waals surface area contributed by atoms with Gasteiger partial charge in [-0.25, -0.2) is 0 Å². The molecule has 0 aliphatic carbocycles.